The first-order valence-corrected chi connectivity index (χ1v) is 0.440. The van der Waals surface area contributed by atoms with Crippen molar-refractivity contribution in [2.45, 2.75) is 0 Å². The Morgan fingerprint density at radius 1 is 1.17 bits per heavy atom. The van der Waals surface area contributed by atoms with Gasteiger partial charge in [-0.3, -0.25) is 6.79 Å². The molecule has 0 atom stereocenters. The van der Waals surface area contributed by atoms with Crippen LogP contribution in [0.2, 0.25) is 0 Å². The summed E-state index contributed by atoms with van der Waals surface area (Å²) < 4.78 is 0. The van der Waals surface area contributed by atoms with Gasteiger partial charge in [-0.15, -0.1) is 0 Å². The molecular formula is C3H4CoO2. The monoisotopic (exact) mass is 131 g/mol. The van der Waals surface area contributed by atoms with E-state index in [9.17, 15) is 0 Å². The van der Waals surface area contributed by atoms with E-state index in [2.05, 4.69) is 13.6 Å². The molecule has 0 aliphatic heterocycles. The minimum atomic E-state index is 0. The van der Waals surface area contributed by atoms with E-state index in [4.69, 9.17) is 9.59 Å². The zero-order chi connectivity index (χ0) is 4.00. The summed E-state index contributed by atoms with van der Waals surface area (Å²) in [5.74, 6) is 0. The summed E-state index contributed by atoms with van der Waals surface area (Å²) in [6.07, 6.45) is 0. The second-order valence-corrected chi connectivity index (χ2v) is 0. The average molecular weight is 131 g/mol. The van der Waals surface area contributed by atoms with Crippen molar-refractivity contribution >= 4 is 13.6 Å². The first kappa shape index (κ1) is 40.3. The van der Waals surface area contributed by atoms with Crippen molar-refractivity contribution in [3.8, 4) is 0 Å². The van der Waals surface area contributed by atoms with Gasteiger partial charge in [-0.05, 0) is 0 Å². The second-order valence-electron chi connectivity index (χ2n) is 0. The summed E-state index contributed by atoms with van der Waals surface area (Å²) in [5, 5.41) is 0. The minimum Gasteiger partial charge on any atom is -0.573 e. The van der Waals surface area contributed by atoms with Crippen molar-refractivity contribution in [2.24, 2.45) is 0 Å². The number of hydrogen-bond donors (Lipinski definition) is 0. The molecular weight excluding hydrogens is 127 g/mol. The summed E-state index contributed by atoms with van der Waals surface area (Å²) in [4.78, 5) is 15.2. The molecule has 0 aliphatic rings. The van der Waals surface area contributed by atoms with Gasteiger partial charge in [0.2, 0.25) is 0 Å². The Morgan fingerprint density at radius 3 is 1.17 bits per heavy atom. The number of hydrogen-bond acceptors (Lipinski definition) is 2. The van der Waals surface area contributed by atoms with Crippen LogP contribution in [0.1, 0.15) is 0 Å². The van der Waals surface area contributed by atoms with E-state index in [0.717, 1.165) is 0 Å². The Morgan fingerprint density at radius 2 is 1.17 bits per heavy atom. The normalized spacial score (nSPS) is 1.33. The van der Waals surface area contributed by atoms with E-state index < -0.39 is 0 Å². The van der Waals surface area contributed by atoms with Gasteiger partial charge in [0.15, 0.2) is 0 Å². The van der Waals surface area contributed by atoms with Crippen molar-refractivity contribution in [3.63, 3.8) is 0 Å². The quantitative estimate of drug-likeness (QED) is 0.336. The van der Waals surface area contributed by atoms with Gasteiger partial charge in [-0.1, -0.05) is 0 Å². The molecule has 0 spiro atoms. The molecule has 0 aliphatic carbocycles. The van der Waals surface area contributed by atoms with Crippen molar-refractivity contribution in [3.05, 3.63) is 7.43 Å². The van der Waals surface area contributed by atoms with Crippen LogP contribution in [0.5, 0.6) is 0 Å². The van der Waals surface area contributed by atoms with Crippen LogP contribution in [0.4, 0.5) is 0 Å². The third-order valence-corrected chi connectivity index (χ3v) is 0. The summed E-state index contributed by atoms with van der Waals surface area (Å²) in [6.45, 7) is 7.75. The molecule has 2 nitrogen and oxygen atoms in total. The third kappa shape index (κ3) is 1320. The van der Waals surface area contributed by atoms with Gasteiger partial charge in [0.05, 0.1) is 0 Å². The standard InChI is InChI=1S/CHO.CO.CH3.Co/c2*1-2;;/h1H;;1H3;/q3*-1;+3. The number of rotatable bonds is 0. The largest absolute Gasteiger partial charge is 3.00 e. The molecule has 0 fully saturated rings. The summed E-state index contributed by atoms with van der Waals surface area (Å²) in [5.41, 5.74) is 0. The van der Waals surface area contributed by atoms with Crippen LogP contribution in [0.15, 0.2) is 0 Å². The van der Waals surface area contributed by atoms with Crippen LogP contribution < -0.4 is 0 Å². The van der Waals surface area contributed by atoms with Gasteiger partial charge in [0.25, 0.3) is 0 Å². The predicted octanol–water partition coefficient (Wildman–Crippen LogP) is -0.223. The minimum absolute atomic E-state index is 0. The van der Waals surface area contributed by atoms with Gasteiger partial charge in [0.1, 0.15) is 0 Å². The Balaban J connectivity index is -0.00000000500. The zero-order valence-corrected chi connectivity index (χ0v) is 4.27. The Kier molecular flexibility index (Phi) is 20400. The fourth-order valence-corrected chi connectivity index (χ4v) is 0. The molecule has 0 aromatic heterocycles. The van der Waals surface area contributed by atoms with E-state index >= 15 is 0 Å². The van der Waals surface area contributed by atoms with E-state index in [1.54, 1.807) is 0 Å². The molecule has 0 aromatic carbocycles. The van der Waals surface area contributed by atoms with E-state index in [0.29, 0.717) is 0 Å². The molecule has 0 rings (SSSR count). The molecule has 0 aromatic rings. The molecule has 0 saturated carbocycles. The van der Waals surface area contributed by atoms with Gasteiger partial charge < -0.3 is 23.8 Å². The van der Waals surface area contributed by atoms with Crippen LogP contribution in [0.3, 0.4) is 0 Å². The van der Waals surface area contributed by atoms with E-state index in [1.165, 1.54) is 0 Å². The Hall–Kier alpha value is -0.154. The maximum absolute atomic E-state index is 7.75. The van der Waals surface area contributed by atoms with Crippen LogP contribution >= 0.6 is 0 Å². The smallest absolute Gasteiger partial charge is 0.573 e. The molecule has 0 bridgehead atoms. The molecule has 3 heteroatoms. The topological polar surface area (TPSA) is 34.1 Å². The maximum atomic E-state index is 7.75. The summed E-state index contributed by atoms with van der Waals surface area (Å²) in [7, 11) is 0. The molecule has 0 heterocycles. The molecule has 0 saturated heterocycles. The molecule has 6 heavy (non-hydrogen) atoms. The summed E-state index contributed by atoms with van der Waals surface area (Å²) in [6, 6.07) is 0. The maximum Gasteiger partial charge on any atom is 3.00 e. The van der Waals surface area contributed by atoms with Crippen molar-refractivity contribution in [1.29, 1.82) is 0 Å². The first-order chi connectivity index (χ1) is 2.00. The van der Waals surface area contributed by atoms with Gasteiger partial charge in [-0.2, -0.15) is 0 Å². The van der Waals surface area contributed by atoms with Crippen molar-refractivity contribution in [2.75, 3.05) is 0 Å². The number of carbonyl (C=O) groups excluding carboxylic acids is 2. The van der Waals surface area contributed by atoms with E-state index in [1.807, 2.05) is 0 Å². The van der Waals surface area contributed by atoms with Crippen molar-refractivity contribution in [1.82, 2.24) is 0 Å². The zero-order valence-electron chi connectivity index (χ0n) is 3.23. The molecule has 0 unspecified atom stereocenters. The fraction of sp³-hybridized carbons (Fsp3) is 0. The SMILES string of the molecule is [C-]=O.[CH-]=O.[CH3-].[Co+3]. The van der Waals surface area contributed by atoms with Gasteiger partial charge >= 0.3 is 16.8 Å². The molecule has 0 amide bonds. The summed E-state index contributed by atoms with van der Waals surface area (Å²) >= 11 is 0. The second kappa shape index (κ2) is 3040. The van der Waals surface area contributed by atoms with Crippen LogP contribution in [0, 0.1) is 7.43 Å². The van der Waals surface area contributed by atoms with Gasteiger partial charge in [0, 0.05) is 0 Å². The van der Waals surface area contributed by atoms with Crippen molar-refractivity contribution < 1.29 is 26.4 Å². The Labute approximate surface area is 48.1 Å². The van der Waals surface area contributed by atoms with Crippen LogP contribution in [-0.2, 0) is 26.4 Å². The van der Waals surface area contributed by atoms with E-state index in [-0.39, 0.29) is 24.2 Å². The first-order valence-electron chi connectivity index (χ1n) is 0.440. The molecule has 1 radical (unpaired) electrons. The Bertz CT molecular complexity index is 10.8. The van der Waals surface area contributed by atoms with Crippen LogP contribution in [0.25, 0.3) is 0 Å². The fourth-order valence-electron chi connectivity index (χ4n) is 0. The van der Waals surface area contributed by atoms with Gasteiger partial charge in [-0.25, -0.2) is 0 Å². The predicted molar refractivity (Wildman–Crippen MR) is 18.9 cm³/mol. The third-order valence-electron chi connectivity index (χ3n) is 0. The molecule has 37 valence electrons. The molecule has 0 N–H and O–H groups in total. The van der Waals surface area contributed by atoms with Crippen LogP contribution in [-0.4, -0.2) is 13.6 Å². The average Bonchev–Trinajstić information content (AvgIpc) is 1.50.